The molecular weight excluding hydrogens is 574 g/mol. The predicted octanol–water partition coefficient (Wildman–Crippen LogP) is 1.20. The van der Waals surface area contributed by atoms with E-state index in [9.17, 15) is 37.8 Å². The summed E-state index contributed by atoms with van der Waals surface area (Å²) in [6, 6.07) is 1.17. The van der Waals surface area contributed by atoms with E-state index in [2.05, 4.69) is 5.32 Å². The second-order valence-corrected chi connectivity index (χ2v) is 11.2. The van der Waals surface area contributed by atoms with Crippen molar-refractivity contribution in [1.82, 2.24) is 4.57 Å². The van der Waals surface area contributed by atoms with Crippen LogP contribution in [0.25, 0.3) is 10.8 Å². The molecule has 0 unspecified atom stereocenters. The number of carbonyl (C=O) groups excluding carboxylic acids is 2. The van der Waals surface area contributed by atoms with Crippen LogP contribution in [0.15, 0.2) is 34.6 Å². The summed E-state index contributed by atoms with van der Waals surface area (Å²) in [5.41, 5.74) is -1.31. The number of carboxylic acids is 1. The topological polar surface area (TPSA) is 191 Å². The lowest BCUT2D eigenvalue weighted by molar-refractivity contribution is -0.672. The Hall–Kier alpha value is -4.92. The van der Waals surface area contributed by atoms with Crippen molar-refractivity contribution in [1.29, 1.82) is 0 Å². The second kappa shape index (κ2) is 10.8. The molecule has 0 saturated carbocycles. The van der Waals surface area contributed by atoms with E-state index in [1.807, 2.05) is 0 Å². The highest BCUT2D eigenvalue weighted by Crippen LogP contribution is 2.45. The molecule has 42 heavy (non-hydrogen) atoms. The number of aromatic carboxylic acids is 1. The van der Waals surface area contributed by atoms with Crippen LogP contribution in [0, 0.1) is 6.92 Å². The molecule has 3 aromatic rings. The highest BCUT2D eigenvalue weighted by atomic mass is 32.2. The van der Waals surface area contributed by atoms with E-state index in [1.54, 1.807) is 0 Å². The highest BCUT2D eigenvalue weighted by molar-refractivity contribution is 7.87. The fourth-order valence-corrected chi connectivity index (χ4v) is 5.71. The number of pyridine rings is 2. The highest BCUT2D eigenvalue weighted by Gasteiger charge is 2.35. The number of aromatic hydroxyl groups is 1. The number of aryl methyl sites for hydroxylation is 2. The fourth-order valence-electron chi connectivity index (χ4n) is 4.81. The molecule has 2 heterocycles. The Morgan fingerprint density at radius 2 is 1.74 bits per heavy atom. The lowest BCUT2D eigenvalue weighted by Gasteiger charge is -2.21. The lowest BCUT2D eigenvalue weighted by atomic mass is 9.89. The summed E-state index contributed by atoms with van der Waals surface area (Å²) in [4.78, 5) is 50.6. The number of fused-ring (bicyclic) bond motifs is 2. The number of hydrogen-bond donors (Lipinski definition) is 3. The average molecular weight is 603 g/mol. The van der Waals surface area contributed by atoms with Crippen molar-refractivity contribution in [3.8, 4) is 17.2 Å². The number of Topliss-reactive ketones (excluding diaryl/α,β-unsaturated/α-hetero) is 2. The summed E-state index contributed by atoms with van der Waals surface area (Å²) in [5.74, 6) is -4.06. The number of nitrogens with one attached hydrogen (secondary N) is 1. The summed E-state index contributed by atoms with van der Waals surface area (Å²) in [6.07, 6.45) is 2.51. The van der Waals surface area contributed by atoms with Gasteiger partial charge in [-0.3, -0.25) is 14.4 Å². The fraction of sp³-hybridized carbons (Fsp3) is 0.296. The molecule has 0 atom stereocenters. The zero-order chi connectivity index (χ0) is 31.3. The van der Waals surface area contributed by atoms with Crippen molar-refractivity contribution < 1.29 is 51.2 Å². The Morgan fingerprint density at radius 1 is 1.07 bits per heavy atom. The van der Waals surface area contributed by atoms with Crippen molar-refractivity contribution in [2.45, 2.75) is 13.8 Å². The minimum atomic E-state index is -4.44. The van der Waals surface area contributed by atoms with Gasteiger partial charge in [0.05, 0.1) is 30.7 Å². The van der Waals surface area contributed by atoms with Crippen LogP contribution >= 0.6 is 0 Å². The number of carboxylic acid groups (broad SMARTS) is 1. The first-order valence-corrected chi connectivity index (χ1v) is 13.9. The Morgan fingerprint density at radius 3 is 2.33 bits per heavy atom. The smallest absolute Gasteiger partial charge is 0.401 e. The number of carbonyl (C=O) groups is 3. The monoisotopic (exact) mass is 602 g/mol. The third-order valence-electron chi connectivity index (χ3n) is 6.90. The predicted molar refractivity (Wildman–Crippen MR) is 148 cm³/mol. The van der Waals surface area contributed by atoms with Gasteiger partial charge in [0.15, 0.2) is 35.0 Å². The Bertz CT molecular complexity index is 1910. The van der Waals surface area contributed by atoms with E-state index in [-0.39, 0.29) is 67.4 Å². The Labute approximate surface area is 239 Å². The SMILES string of the molecule is COC1=C(C)C(=O)c2c(cn(C)c(=O)c2NCCS(=O)(=O)Oc2c(C)c(OC)c(O)c3c[n+](C)c(C(=O)O)cc23)C1=O. The molecule has 0 amide bonds. The Kier molecular flexibility index (Phi) is 7.74. The van der Waals surface area contributed by atoms with Crippen LogP contribution in [0.2, 0.25) is 0 Å². The third kappa shape index (κ3) is 4.91. The summed E-state index contributed by atoms with van der Waals surface area (Å²) in [6.45, 7) is 2.41. The van der Waals surface area contributed by atoms with E-state index in [0.717, 1.165) is 4.57 Å². The second-order valence-electron chi connectivity index (χ2n) is 9.54. The number of anilines is 1. The molecular formula is C27H28N3O11S+. The first-order valence-electron chi connectivity index (χ1n) is 12.3. The summed E-state index contributed by atoms with van der Waals surface area (Å²) < 4.78 is 44.3. The number of ketones is 2. The number of methoxy groups -OCH3 is 2. The minimum Gasteiger partial charge on any atom is -0.504 e. The molecule has 2 aromatic heterocycles. The van der Waals surface area contributed by atoms with Gasteiger partial charge in [0.25, 0.3) is 11.3 Å². The average Bonchev–Trinajstić information content (AvgIpc) is 2.92. The number of aromatic nitrogens is 2. The quantitative estimate of drug-likeness (QED) is 0.235. The van der Waals surface area contributed by atoms with Gasteiger partial charge in [-0.2, -0.15) is 13.0 Å². The zero-order valence-corrected chi connectivity index (χ0v) is 24.3. The van der Waals surface area contributed by atoms with Crippen LogP contribution in [-0.4, -0.2) is 67.3 Å². The molecule has 0 saturated heterocycles. The normalized spacial score (nSPS) is 13.3. The first-order chi connectivity index (χ1) is 19.6. The van der Waals surface area contributed by atoms with Gasteiger partial charge in [-0.05, 0) is 13.8 Å². The van der Waals surface area contributed by atoms with Crippen LogP contribution in [0.4, 0.5) is 5.69 Å². The van der Waals surface area contributed by atoms with E-state index in [4.69, 9.17) is 13.7 Å². The summed E-state index contributed by atoms with van der Waals surface area (Å²) in [7, 11) is 0.893. The van der Waals surface area contributed by atoms with E-state index in [0.29, 0.717) is 0 Å². The first kappa shape index (κ1) is 30.0. The number of allylic oxidation sites excluding steroid dienone is 2. The number of ether oxygens (including phenoxy) is 2. The molecule has 222 valence electrons. The third-order valence-corrected chi connectivity index (χ3v) is 8.02. The van der Waals surface area contributed by atoms with E-state index < -0.39 is 45.5 Å². The van der Waals surface area contributed by atoms with Crippen LogP contribution in [0.1, 0.15) is 43.7 Å². The maximum Gasteiger partial charge on any atom is 0.401 e. The van der Waals surface area contributed by atoms with Crippen molar-refractivity contribution in [3.63, 3.8) is 0 Å². The van der Waals surface area contributed by atoms with Crippen LogP contribution < -0.4 is 24.4 Å². The molecule has 1 aliphatic carbocycles. The van der Waals surface area contributed by atoms with Gasteiger partial charge in [0.1, 0.15) is 18.5 Å². The molecule has 0 spiro atoms. The Balaban J connectivity index is 1.70. The van der Waals surface area contributed by atoms with E-state index >= 15 is 0 Å². The summed E-state index contributed by atoms with van der Waals surface area (Å²) in [5, 5.41) is 23.0. The van der Waals surface area contributed by atoms with Gasteiger partial charge in [-0.15, -0.1) is 0 Å². The molecule has 3 N–H and O–H groups in total. The number of benzene rings is 1. The lowest BCUT2D eigenvalue weighted by Crippen LogP contribution is -2.35. The molecule has 1 aliphatic rings. The van der Waals surface area contributed by atoms with Crippen molar-refractivity contribution in [2.24, 2.45) is 14.1 Å². The van der Waals surface area contributed by atoms with E-state index in [1.165, 1.54) is 65.2 Å². The molecule has 1 aromatic carbocycles. The maximum absolute atomic E-state index is 13.1. The van der Waals surface area contributed by atoms with Gasteiger partial charge in [-0.25, -0.2) is 4.79 Å². The molecule has 0 bridgehead atoms. The van der Waals surface area contributed by atoms with Crippen LogP contribution in [0.5, 0.6) is 17.2 Å². The van der Waals surface area contributed by atoms with Crippen molar-refractivity contribution in [3.05, 3.63) is 62.5 Å². The molecule has 14 nitrogen and oxygen atoms in total. The molecule has 4 rings (SSSR count). The molecule has 15 heteroatoms. The van der Waals surface area contributed by atoms with Gasteiger partial charge in [-0.1, -0.05) is 0 Å². The number of nitrogens with zero attached hydrogens (tertiary/aromatic N) is 2. The van der Waals surface area contributed by atoms with Gasteiger partial charge in [0, 0.05) is 42.4 Å². The van der Waals surface area contributed by atoms with Gasteiger partial charge in [0.2, 0.25) is 5.78 Å². The molecule has 0 radical (unpaired) electrons. The van der Waals surface area contributed by atoms with Crippen molar-refractivity contribution >= 4 is 44.1 Å². The van der Waals surface area contributed by atoms with Crippen LogP contribution in [0.3, 0.4) is 0 Å². The largest absolute Gasteiger partial charge is 0.504 e. The number of phenolic OH excluding ortho intramolecular Hbond substituents is 1. The van der Waals surface area contributed by atoms with Gasteiger partial charge >= 0.3 is 16.1 Å². The van der Waals surface area contributed by atoms with Gasteiger partial charge < -0.3 is 33.8 Å². The molecule has 0 aliphatic heterocycles. The molecule has 0 fully saturated rings. The van der Waals surface area contributed by atoms with Crippen LogP contribution in [-0.2, 0) is 29.0 Å². The maximum atomic E-state index is 13.1. The van der Waals surface area contributed by atoms with Crippen molar-refractivity contribution in [2.75, 3.05) is 31.8 Å². The zero-order valence-electron chi connectivity index (χ0n) is 23.5. The minimum absolute atomic E-state index is 0.0000175. The number of hydrogen-bond acceptors (Lipinski definition) is 11. The standard InChI is InChI=1S/C27H27N3O11S/c1-12-20(31)18-16(22(33)24(12)39-5)11-30(4)26(34)19(18)28-7-8-42(37,38)41-23-13(2)25(40-6)21(32)15-10-29(3)17(27(35)36)9-14(15)23/h9-11H,7-8H2,1-6H3,(H2,28,31,35,36)/p+1. The summed E-state index contributed by atoms with van der Waals surface area (Å²) >= 11 is 0. The number of phenols is 1. The number of rotatable bonds is 9.